The highest BCUT2D eigenvalue weighted by Gasteiger charge is 2.01. The van der Waals surface area contributed by atoms with Crippen molar-refractivity contribution >= 4 is 0 Å². The highest BCUT2D eigenvalue weighted by molar-refractivity contribution is 5.25. The smallest absolute Gasteiger partial charge is 0.128 e. The predicted molar refractivity (Wildman–Crippen MR) is 49.6 cm³/mol. The first-order chi connectivity index (χ1) is 5.57. The topological polar surface area (TPSA) is 9.23 Å². The van der Waals surface area contributed by atoms with Crippen LogP contribution in [-0.4, -0.2) is 12.7 Å². The Morgan fingerprint density at radius 3 is 2.58 bits per heavy atom. The molecule has 0 radical (unpaired) electrons. The van der Waals surface area contributed by atoms with Crippen LogP contribution in [0.25, 0.3) is 0 Å². The van der Waals surface area contributed by atoms with Crippen molar-refractivity contribution in [3.8, 4) is 0 Å². The largest absolute Gasteiger partial charge is 0.374 e. The van der Waals surface area contributed by atoms with E-state index in [4.69, 9.17) is 4.74 Å². The normalized spacial score (nSPS) is 11.8. The highest BCUT2D eigenvalue weighted by Crippen LogP contribution is 2.10. The van der Waals surface area contributed by atoms with Crippen molar-refractivity contribution in [1.82, 2.24) is 0 Å². The second-order valence-corrected chi connectivity index (χ2v) is 2.71. The van der Waals surface area contributed by atoms with Crippen molar-refractivity contribution in [2.45, 2.75) is 20.0 Å². The summed E-state index contributed by atoms with van der Waals surface area (Å²) in [4.78, 5) is 0. The van der Waals surface area contributed by atoms with E-state index in [1.807, 2.05) is 13.8 Å². The molecule has 68 valence electrons. The van der Waals surface area contributed by atoms with Gasteiger partial charge in [-0.25, -0.2) is 4.39 Å². The molecule has 0 bridgehead atoms. The van der Waals surface area contributed by atoms with Gasteiger partial charge in [-0.3, -0.25) is 0 Å². The molecule has 1 nitrogen and oxygen atoms in total. The van der Waals surface area contributed by atoms with E-state index in [1.54, 1.807) is 0 Å². The van der Waals surface area contributed by atoms with E-state index >= 15 is 0 Å². The Bertz CT molecular complexity index is 192. The fraction of sp³-hybridized carbons (Fsp3) is 0.400. The summed E-state index contributed by atoms with van der Waals surface area (Å²) in [5, 5.41) is 0. The summed E-state index contributed by atoms with van der Waals surface area (Å²) in [5.74, 6) is -0.370. The summed E-state index contributed by atoms with van der Waals surface area (Å²) >= 11 is 0. The standard InChI is InChI=1S/C10H15FO/c1-5-6-10(11)9(4)7-12-8(2)3/h5-6,8H,1,4,7H2,2-3H3/b10-6+. The van der Waals surface area contributed by atoms with Crippen molar-refractivity contribution in [3.63, 3.8) is 0 Å². The predicted octanol–water partition coefficient (Wildman–Crippen LogP) is 3.01. The molecule has 0 heterocycles. The molecular weight excluding hydrogens is 155 g/mol. The van der Waals surface area contributed by atoms with Gasteiger partial charge in [0.1, 0.15) is 5.83 Å². The minimum atomic E-state index is -0.370. The van der Waals surface area contributed by atoms with Crippen molar-refractivity contribution in [2.24, 2.45) is 0 Å². The number of hydrogen-bond acceptors (Lipinski definition) is 1. The molecule has 0 aliphatic rings. The van der Waals surface area contributed by atoms with E-state index in [1.165, 1.54) is 12.2 Å². The summed E-state index contributed by atoms with van der Waals surface area (Å²) < 4.78 is 18.0. The third-order valence-electron chi connectivity index (χ3n) is 1.19. The van der Waals surface area contributed by atoms with Gasteiger partial charge in [0.2, 0.25) is 0 Å². The zero-order valence-corrected chi connectivity index (χ0v) is 7.64. The molecule has 0 unspecified atom stereocenters. The average molecular weight is 170 g/mol. The van der Waals surface area contributed by atoms with Crippen LogP contribution in [0.15, 0.2) is 36.7 Å². The highest BCUT2D eigenvalue weighted by atomic mass is 19.1. The van der Waals surface area contributed by atoms with Crippen LogP contribution in [0.2, 0.25) is 0 Å². The van der Waals surface area contributed by atoms with Gasteiger partial charge in [0, 0.05) is 5.57 Å². The maximum absolute atomic E-state index is 12.9. The molecule has 0 aliphatic heterocycles. The lowest BCUT2D eigenvalue weighted by Crippen LogP contribution is -2.05. The number of hydrogen-bond donors (Lipinski definition) is 0. The molecule has 0 atom stereocenters. The number of ether oxygens (including phenoxy) is 1. The Hall–Kier alpha value is -0.890. The van der Waals surface area contributed by atoms with E-state index in [2.05, 4.69) is 13.2 Å². The fourth-order valence-electron chi connectivity index (χ4n) is 0.558. The summed E-state index contributed by atoms with van der Waals surface area (Å²) in [6.45, 7) is 10.9. The monoisotopic (exact) mass is 170 g/mol. The van der Waals surface area contributed by atoms with E-state index < -0.39 is 0 Å². The van der Waals surface area contributed by atoms with E-state index in [-0.39, 0.29) is 18.5 Å². The summed E-state index contributed by atoms with van der Waals surface area (Å²) in [6.07, 6.45) is 2.75. The van der Waals surface area contributed by atoms with Gasteiger partial charge in [0.25, 0.3) is 0 Å². The van der Waals surface area contributed by atoms with Gasteiger partial charge in [-0.15, -0.1) is 0 Å². The van der Waals surface area contributed by atoms with Crippen LogP contribution in [0.3, 0.4) is 0 Å². The number of allylic oxidation sites excluding steroid dienone is 2. The molecule has 0 fully saturated rings. The van der Waals surface area contributed by atoms with Crippen LogP contribution < -0.4 is 0 Å². The number of halogens is 1. The average Bonchev–Trinajstić information content (AvgIpc) is 2.00. The SMILES string of the molecule is C=C/C=C(/F)C(=C)COC(C)C. The van der Waals surface area contributed by atoms with E-state index in [9.17, 15) is 4.39 Å². The van der Waals surface area contributed by atoms with Gasteiger partial charge in [0.15, 0.2) is 0 Å². The molecular formula is C10H15FO. The molecule has 0 saturated heterocycles. The van der Waals surface area contributed by atoms with Crippen LogP contribution in [0.4, 0.5) is 4.39 Å². The minimum absolute atomic E-state index is 0.0956. The lowest BCUT2D eigenvalue weighted by molar-refractivity contribution is 0.0972. The van der Waals surface area contributed by atoms with Gasteiger partial charge in [-0.2, -0.15) is 0 Å². The van der Waals surface area contributed by atoms with Crippen LogP contribution in [0, 0.1) is 0 Å². The summed E-state index contributed by atoms with van der Waals surface area (Å²) in [5.41, 5.74) is 0.351. The molecule has 0 N–H and O–H groups in total. The van der Waals surface area contributed by atoms with Crippen molar-refractivity contribution in [1.29, 1.82) is 0 Å². The Balaban J connectivity index is 3.88. The van der Waals surface area contributed by atoms with Crippen LogP contribution in [-0.2, 0) is 4.74 Å². The zero-order chi connectivity index (χ0) is 9.56. The Labute approximate surface area is 73.2 Å². The van der Waals surface area contributed by atoms with Crippen LogP contribution in [0.1, 0.15) is 13.8 Å². The minimum Gasteiger partial charge on any atom is -0.374 e. The lowest BCUT2D eigenvalue weighted by atomic mass is 10.2. The van der Waals surface area contributed by atoms with Gasteiger partial charge >= 0.3 is 0 Å². The van der Waals surface area contributed by atoms with Gasteiger partial charge < -0.3 is 4.74 Å². The first-order valence-electron chi connectivity index (χ1n) is 3.86. The third-order valence-corrected chi connectivity index (χ3v) is 1.19. The Kier molecular flexibility index (Phi) is 5.30. The van der Waals surface area contributed by atoms with E-state index in [0.717, 1.165) is 0 Å². The van der Waals surface area contributed by atoms with E-state index in [0.29, 0.717) is 5.57 Å². The fourth-order valence-corrected chi connectivity index (χ4v) is 0.558. The molecule has 12 heavy (non-hydrogen) atoms. The first-order valence-corrected chi connectivity index (χ1v) is 3.86. The Morgan fingerprint density at radius 2 is 2.17 bits per heavy atom. The lowest BCUT2D eigenvalue weighted by Gasteiger charge is -2.07. The van der Waals surface area contributed by atoms with Crippen LogP contribution in [0.5, 0.6) is 0 Å². The quantitative estimate of drug-likeness (QED) is 0.576. The van der Waals surface area contributed by atoms with Crippen LogP contribution >= 0.6 is 0 Å². The maximum atomic E-state index is 12.9. The molecule has 0 spiro atoms. The molecule has 0 saturated carbocycles. The second kappa shape index (κ2) is 5.72. The molecule has 0 aromatic heterocycles. The molecule has 0 aliphatic carbocycles. The zero-order valence-electron chi connectivity index (χ0n) is 7.64. The molecule has 2 heteroatoms. The van der Waals surface area contributed by atoms with Gasteiger partial charge in [0.05, 0.1) is 12.7 Å². The number of rotatable bonds is 5. The van der Waals surface area contributed by atoms with Gasteiger partial charge in [-0.1, -0.05) is 19.2 Å². The molecule has 0 aromatic rings. The van der Waals surface area contributed by atoms with Gasteiger partial charge in [-0.05, 0) is 19.9 Å². The second-order valence-electron chi connectivity index (χ2n) is 2.71. The summed E-state index contributed by atoms with van der Waals surface area (Å²) in [6, 6.07) is 0. The molecule has 0 rings (SSSR count). The van der Waals surface area contributed by atoms with Crippen molar-refractivity contribution in [2.75, 3.05) is 6.61 Å². The molecule has 0 aromatic carbocycles. The molecule has 0 amide bonds. The first kappa shape index (κ1) is 11.1. The van der Waals surface area contributed by atoms with Crippen molar-refractivity contribution in [3.05, 3.63) is 36.7 Å². The Morgan fingerprint density at radius 1 is 1.58 bits per heavy atom. The maximum Gasteiger partial charge on any atom is 0.128 e. The van der Waals surface area contributed by atoms with Crippen molar-refractivity contribution < 1.29 is 9.13 Å². The third kappa shape index (κ3) is 4.85. The summed E-state index contributed by atoms with van der Waals surface area (Å²) in [7, 11) is 0.